The summed E-state index contributed by atoms with van der Waals surface area (Å²) in [5.41, 5.74) is 4.19. The lowest BCUT2D eigenvalue weighted by Crippen LogP contribution is -2.32. The van der Waals surface area contributed by atoms with Gasteiger partial charge in [0.05, 0.1) is 0 Å². The van der Waals surface area contributed by atoms with Crippen molar-refractivity contribution >= 4 is 6.21 Å². The van der Waals surface area contributed by atoms with Crippen LogP contribution in [0.25, 0.3) is 0 Å². The fourth-order valence-electron chi connectivity index (χ4n) is 3.26. The van der Waals surface area contributed by atoms with E-state index in [1.54, 1.807) is 12.4 Å². The van der Waals surface area contributed by atoms with E-state index >= 15 is 0 Å². The molecule has 1 aliphatic carbocycles. The van der Waals surface area contributed by atoms with Crippen molar-refractivity contribution in [3.05, 3.63) is 59.9 Å². The molecule has 0 aromatic heterocycles. The molecule has 1 aromatic rings. The van der Waals surface area contributed by atoms with Crippen LogP contribution in [0.4, 0.5) is 0 Å². The molecule has 136 valence electrons. The molecule has 0 heterocycles. The maximum Gasteiger partial charge on any atom is 0.0205 e. The van der Waals surface area contributed by atoms with Crippen LogP contribution in [-0.4, -0.2) is 25.8 Å². The van der Waals surface area contributed by atoms with Gasteiger partial charge in [-0.3, -0.25) is 0 Å². The van der Waals surface area contributed by atoms with Crippen LogP contribution < -0.4 is 16.0 Å². The minimum absolute atomic E-state index is 0.231. The maximum absolute atomic E-state index is 7.63. The van der Waals surface area contributed by atoms with Crippen LogP contribution in [0.5, 0.6) is 0 Å². The van der Waals surface area contributed by atoms with E-state index in [9.17, 15) is 0 Å². The zero-order valence-electron chi connectivity index (χ0n) is 15.2. The van der Waals surface area contributed by atoms with Crippen molar-refractivity contribution in [1.82, 2.24) is 16.0 Å². The molecule has 1 unspecified atom stereocenters. The fourth-order valence-corrected chi connectivity index (χ4v) is 3.26. The first kappa shape index (κ1) is 19.4. The van der Waals surface area contributed by atoms with E-state index in [4.69, 9.17) is 5.41 Å². The quantitative estimate of drug-likeness (QED) is 0.347. The van der Waals surface area contributed by atoms with Gasteiger partial charge in [0.2, 0.25) is 0 Å². The zero-order valence-corrected chi connectivity index (χ0v) is 15.2. The van der Waals surface area contributed by atoms with Crippen molar-refractivity contribution < 1.29 is 0 Å². The van der Waals surface area contributed by atoms with Crippen molar-refractivity contribution in [2.45, 2.75) is 38.6 Å². The van der Waals surface area contributed by atoms with E-state index in [2.05, 4.69) is 46.8 Å². The summed E-state index contributed by atoms with van der Waals surface area (Å²) in [6.07, 6.45) is 9.34. The molecule has 4 N–H and O–H groups in total. The Morgan fingerprint density at radius 3 is 2.60 bits per heavy atom. The van der Waals surface area contributed by atoms with Crippen LogP contribution in [0.3, 0.4) is 0 Å². The van der Waals surface area contributed by atoms with Crippen LogP contribution in [0.15, 0.2) is 54.4 Å². The van der Waals surface area contributed by atoms with E-state index in [1.165, 1.54) is 36.1 Å². The van der Waals surface area contributed by atoms with Gasteiger partial charge in [-0.2, -0.15) is 0 Å². The summed E-state index contributed by atoms with van der Waals surface area (Å²) in [5.74, 6) is 0.231. The van der Waals surface area contributed by atoms with E-state index < -0.39 is 0 Å². The molecule has 0 amide bonds. The van der Waals surface area contributed by atoms with Gasteiger partial charge in [0, 0.05) is 37.5 Å². The largest absolute Gasteiger partial charge is 0.366 e. The summed E-state index contributed by atoms with van der Waals surface area (Å²) in [7, 11) is 0. The Morgan fingerprint density at radius 2 is 1.84 bits per heavy atom. The molecule has 0 saturated carbocycles. The number of benzene rings is 1. The van der Waals surface area contributed by atoms with Crippen molar-refractivity contribution in [2.24, 2.45) is 5.92 Å². The first-order valence-corrected chi connectivity index (χ1v) is 9.37. The third-order valence-electron chi connectivity index (χ3n) is 4.68. The van der Waals surface area contributed by atoms with Crippen molar-refractivity contribution in [2.75, 3.05) is 19.6 Å². The van der Waals surface area contributed by atoms with E-state index in [-0.39, 0.29) is 5.92 Å². The van der Waals surface area contributed by atoms with E-state index in [1.807, 2.05) is 6.07 Å². The lowest BCUT2D eigenvalue weighted by molar-refractivity contribution is 0.529. The Labute approximate surface area is 152 Å². The molecule has 0 radical (unpaired) electrons. The Morgan fingerprint density at radius 1 is 1.08 bits per heavy atom. The Bertz CT molecular complexity index is 550. The van der Waals surface area contributed by atoms with Gasteiger partial charge in [-0.25, -0.2) is 0 Å². The molecule has 0 spiro atoms. The second-order valence-corrected chi connectivity index (χ2v) is 6.64. The van der Waals surface area contributed by atoms with Gasteiger partial charge in [-0.15, -0.1) is 0 Å². The van der Waals surface area contributed by atoms with E-state index in [0.717, 1.165) is 39.0 Å². The lowest BCUT2D eigenvalue weighted by atomic mass is 9.94. The highest BCUT2D eigenvalue weighted by Gasteiger charge is 2.12. The Hall–Kier alpha value is -1.91. The van der Waals surface area contributed by atoms with Gasteiger partial charge >= 0.3 is 0 Å². The highest BCUT2D eigenvalue weighted by Crippen LogP contribution is 2.24. The molecule has 4 nitrogen and oxygen atoms in total. The summed E-state index contributed by atoms with van der Waals surface area (Å²) in [4.78, 5) is 0. The molecule has 0 aliphatic heterocycles. The van der Waals surface area contributed by atoms with E-state index in [0.29, 0.717) is 0 Å². The third-order valence-corrected chi connectivity index (χ3v) is 4.68. The summed E-state index contributed by atoms with van der Waals surface area (Å²) in [6, 6.07) is 10.4. The van der Waals surface area contributed by atoms with Crippen molar-refractivity contribution in [3.63, 3.8) is 0 Å². The number of nitrogens with one attached hydrogen (secondary N) is 4. The molecular weight excluding hydrogens is 308 g/mol. The monoisotopic (exact) mass is 340 g/mol. The Balaban J connectivity index is 1.65. The molecular formula is C21H32N4. The fraction of sp³-hybridized carbons (Fsp3) is 0.476. The van der Waals surface area contributed by atoms with Crippen LogP contribution in [0, 0.1) is 11.3 Å². The van der Waals surface area contributed by atoms with Gasteiger partial charge in [-0.1, -0.05) is 36.9 Å². The third kappa shape index (κ3) is 7.24. The number of hydrogen-bond acceptors (Lipinski definition) is 4. The summed E-state index contributed by atoms with van der Waals surface area (Å²) >= 11 is 0. The normalized spacial score (nSPS) is 15.7. The first-order valence-electron chi connectivity index (χ1n) is 9.37. The molecule has 1 aromatic carbocycles. The number of rotatable bonds is 12. The SMILES string of the molecule is C=CNC1=C(CCNCC(C=N)CNCc2ccccc2)CCCC1. The smallest absolute Gasteiger partial charge is 0.0205 e. The molecule has 0 saturated heterocycles. The molecule has 1 aliphatic rings. The lowest BCUT2D eigenvalue weighted by Gasteiger charge is -2.21. The van der Waals surface area contributed by atoms with Gasteiger partial charge in [0.15, 0.2) is 0 Å². The molecule has 2 rings (SSSR count). The molecule has 1 atom stereocenters. The second-order valence-electron chi connectivity index (χ2n) is 6.64. The van der Waals surface area contributed by atoms with Gasteiger partial charge in [0.1, 0.15) is 0 Å². The first-order chi connectivity index (χ1) is 12.3. The van der Waals surface area contributed by atoms with Crippen LogP contribution in [0.2, 0.25) is 0 Å². The number of allylic oxidation sites excluding steroid dienone is 1. The van der Waals surface area contributed by atoms with Crippen LogP contribution >= 0.6 is 0 Å². The predicted molar refractivity (Wildman–Crippen MR) is 107 cm³/mol. The summed E-state index contributed by atoms with van der Waals surface area (Å²) in [5, 5.41) is 17.9. The average Bonchev–Trinajstić information content (AvgIpc) is 2.66. The minimum atomic E-state index is 0.231. The predicted octanol–water partition coefficient (Wildman–Crippen LogP) is 3.58. The molecule has 0 bridgehead atoms. The van der Waals surface area contributed by atoms with Gasteiger partial charge < -0.3 is 21.4 Å². The number of hydrogen-bond donors (Lipinski definition) is 4. The highest BCUT2D eigenvalue weighted by molar-refractivity contribution is 5.57. The zero-order chi connectivity index (χ0) is 17.7. The topological polar surface area (TPSA) is 59.9 Å². The van der Waals surface area contributed by atoms with Gasteiger partial charge in [-0.05, 0) is 56.0 Å². The highest BCUT2D eigenvalue weighted by atomic mass is 14.9. The van der Waals surface area contributed by atoms with Crippen molar-refractivity contribution in [3.8, 4) is 0 Å². The standard InChI is InChI=1S/C21H32N4/c1-2-25-21-11-7-6-10-20(21)12-13-23-16-19(14-22)17-24-15-18-8-4-3-5-9-18/h2-5,8-9,14,19,22-25H,1,6-7,10-13,15-17H2. The maximum atomic E-state index is 7.63. The Kier molecular flexibility index (Phi) is 9.02. The summed E-state index contributed by atoms with van der Waals surface area (Å²) in [6.45, 7) is 7.29. The van der Waals surface area contributed by atoms with Crippen LogP contribution in [-0.2, 0) is 6.54 Å². The average molecular weight is 341 g/mol. The minimum Gasteiger partial charge on any atom is -0.366 e. The molecule has 0 fully saturated rings. The second kappa shape index (κ2) is 11.6. The summed E-state index contributed by atoms with van der Waals surface area (Å²) < 4.78 is 0. The van der Waals surface area contributed by atoms with Crippen LogP contribution in [0.1, 0.15) is 37.7 Å². The molecule has 4 heteroatoms. The van der Waals surface area contributed by atoms with Crippen molar-refractivity contribution in [1.29, 1.82) is 5.41 Å². The molecule has 25 heavy (non-hydrogen) atoms. The van der Waals surface area contributed by atoms with Gasteiger partial charge in [0.25, 0.3) is 0 Å².